The van der Waals surface area contributed by atoms with Gasteiger partial charge in [-0.3, -0.25) is 4.79 Å². The van der Waals surface area contributed by atoms with Gasteiger partial charge in [0.2, 0.25) is 5.91 Å². The van der Waals surface area contributed by atoms with Crippen LogP contribution in [0.2, 0.25) is 0 Å². The van der Waals surface area contributed by atoms with E-state index in [-0.39, 0.29) is 11.9 Å². The van der Waals surface area contributed by atoms with Gasteiger partial charge in [-0.15, -0.1) is 0 Å². The van der Waals surface area contributed by atoms with Crippen LogP contribution < -0.4 is 14.8 Å². The van der Waals surface area contributed by atoms with Crippen LogP contribution in [-0.2, 0) is 17.6 Å². The predicted octanol–water partition coefficient (Wildman–Crippen LogP) is 3.04. The minimum Gasteiger partial charge on any atom is -0.493 e. The fraction of sp³-hybridized carbons (Fsp3) is 0.474. The second-order valence-corrected chi connectivity index (χ2v) is 6.37. The van der Waals surface area contributed by atoms with Crippen LogP contribution in [0.5, 0.6) is 11.5 Å². The molecule has 0 fully saturated rings. The fourth-order valence-electron chi connectivity index (χ4n) is 3.45. The monoisotopic (exact) mass is 344 g/mol. The molecule has 134 valence electrons. The van der Waals surface area contributed by atoms with Gasteiger partial charge in [0.15, 0.2) is 11.5 Å². The molecular weight excluding hydrogens is 320 g/mol. The molecule has 6 heteroatoms. The fourth-order valence-corrected chi connectivity index (χ4v) is 3.45. The summed E-state index contributed by atoms with van der Waals surface area (Å²) in [7, 11) is 3.25. The average Bonchev–Trinajstić information content (AvgIpc) is 3.14. The predicted molar refractivity (Wildman–Crippen MR) is 93.0 cm³/mol. The van der Waals surface area contributed by atoms with E-state index in [2.05, 4.69) is 10.5 Å². The number of rotatable bonds is 6. The molecule has 1 amide bonds. The van der Waals surface area contributed by atoms with E-state index in [9.17, 15) is 4.79 Å². The van der Waals surface area contributed by atoms with Crippen LogP contribution >= 0.6 is 0 Å². The van der Waals surface area contributed by atoms with Crippen molar-refractivity contribution in [3.05, 3.63) is 40.3 Å². The van der Waals surface area contributed by atoms with Crippen LogP contribution in [0.3, 0.4) is 0 Å². The lowest BCUT2D eigenvalue weighted by molar-refractivity contribution is -0.121. The highest BCUT2D eigenvalue weighted by Gasteiger charge is 2.26. The SMILES string of the molecule is COc1cc2c(cc1OC)C(NC(=O)CCc1c(C)noc1C)CC2. The van der Waals surface area contributed by atoms with Crippen LogP contribution in [0.1, 0.15) is 47.0 Å². The van der Waals surface area contributed by atoms with Gasteiger partial charge in [0.1, 0.15) is 5.76 Å². The number of carbonyl (C=O) groups excluding carboxylic acids is 1. The molecule has 1 atom stereocenters. The summed E-state index contributed by atoms with van der Waals surface area (Å²) in [4.78, 5) is 12.4. The van der Waals surface area contributed by atoms with Crippen LogP contribution in [-0.4, -0.2) is 25.3 Å². The van der Waals surface area contributed by atoms with Crippen molar-refractivity contribution in [2.24, 2.45) is 0 Å². The summed E-state index contributed by atoms with van der Waals surface area (Å²) in [6, 6.07) is 4.00. The van der Waals surface area contributed by atoms with E-state index in [4.69, 9.17) is 14.0 Å². The molecule has 1 aliphatic carbocycles. The quantitative estimate of drug-likeness (QED) is 0.872. The first-order valence-corrected chi connectivity index (χ1v) is 8.49. The Bertz CT molecular complexity index is 762. The average molecular weight is 344 g/mol. The lowest BCUT2D eigenvalue weighted by atomic mass is 10.1. The van der Waals surface area contributed by atoms with Gasteiger partial charge in [0.25, 0.3) is 0 Å². The zero-order valence-electron chi connectivity index (χ0n) is 15.1. The Kier molecular flexibility index (Phi) is 4.97. The van der Waals surface area contributed by atoms with Crippen molar-refractivity contribution in [1.29, 1.82) is 0 Å². The number of amides is 1. The number of methoxy groups -OCH3 is 2. The molecule has 0 spiro atoms. The highest BCUT2D eigenvalue weighted by atomic mass is 16.5. The minimum atomic E-state index is 0.0203. The first-order chi connectivity index (χ1) is 12.0. The van der Waals surface area contributed by atoms with E-state index >= 15 is 0 Å². The molecule has 0 radical (unpaired) electrons. The van der Waals surface area contributed by atoms with E-state index in [0.29, 0.717) is 18.6 Å². The summed E-state index contributed by atoms with van der Waals surface area (Å²) >= 11 is 0. The Hall–Kier alpha value is -2.50. The number of carbonyl (C=O) groups is 1. The number of fused-ring (bicyclic) bond motifs is 1. The van der Waals surface area contributed by atoms with Gasteiger partial charge >= 0.3 is 0 Å². The largest absolute Gasteiger partial charge is 0.493 e. The third-order valence-corrected chi connectivity index (χ3v) is 4.84. The molecule has 2 aromatic rings. The number of hydrogen-bond donors (Lipinski definition) is 1. The Balaban J connectivity index is 1.66. The third-order valence-electron chi connectivity index (χ3n) is 4.84. The summed E-state index contributed by atoms with van der Waals surface area (Å²) < 4.78 is 15.9. The lowest BCUT2D eigenvalue weighted by Crippen LogP contribution is -2.27. The zero-order chi connectivity index (χ0) is 18.0. The van der Waals surface area contributed by atoms with Gasteiger partial charge in [-0.2, -0.15) is 0 Å². The maximum Gasteiger partial charge on any atom is 0.220 e. The lowest BCUT2D eigenvalue weighted by Gasteiger charge is -2.16. The van der Waals surface area contributed by atoms with Crippen molar-refractivity contribution in [2.45, 2.75) is 45.6 Å². The van der Waals surface area contributed by atoms with Gasteiger partial charge in [-0.1, -0.05) is 5.16 Å². The van der Waals surface area contributed by atoms with Gasteiger partial charge in [-0.25, -0.2) is 0 Å². The Labute approximate surface area is 147 Å². The molecule has 25 heavy (non-hydrogen) atoms. The van der Waals surface area contributed by atoms with Crippen LogP contribution in [0.25, 0.3) is 0 Å². The standard InChI is InChI=1S/C19H24N2O4/c1-11-14(12(2)25-21-11)6-8-19(22)20-16-7-5-13-9-17(23-3)18(24-4)10-15(13)16/h9-10,16H,5-8H2,1-4H3,(H,20,22). The summed E-state index contributed by atoms with van der Waals surface area (Å²) in [5.74, 6) is 2.24. The van der Waals surface area contributed by atoms with Crippen molar-refractivity contribution < 1.29 is 18.8 Å². The summed E-state index contributed by atoms with van der Waals surface area (Å²) in [6.45, 7) is 3.77. The summed E-state index contributed by atoms with van der Waals surface area (Å²) in [5.41, 5.74) is 4.19. The maximum absolute atomic E-state index is 12.4. The molecule has 0 saturated carbocycles. The van der Waals surface area contributed by atoms with Gasteiger partial charge in [0, 0.05) is 12.0 Å². The van der Waals surface area contributed by atoms with Gasteiger partial charge in [-0.05, 0) is 56.4 Å². The molecule has 0 aliphatic heterocycles. The van der Waals surface area contributed by atoms with E-state index in [1.165, 1.54) is 5.56 Å². The van der Waals surface area contributed by atoms with Crippen LogP contribution in [0.15, 0.2) is 16.7 Å². The molecule has 3 rings (SSSR count). The zero-order valence-corrected chi connectivity index (χ0v) is 15.1. The number of benzene rings is 1. The first-order valence-electron chi connectivity index (χ1n) is 8.49. The summed E-state index contributed by atoms with van der Waals surface area (Å²) in [6.07, 6.45) is 2.87. The van der Waals surface area contributed by atoms with Gasteiger partial charge in [0.05, 0.1) is 26.0 Å². The molecule has 1 aromatic heterocycles. The van der Waals surface area contributed by atoms with Gasteiger partial charge < -0.3 is 19.3 Å². The minimum absolute atomic E-state index is 0.0203. The van der Waals surface area contributed by atoms with E-state index in [0.717, 1.165) is 41.2 Å². The van der Waals surface area contributed by atoms with Crippen molar-refractivity contribution in [1.82, 2.24) is 10.5 Å². The summed E-state index contributed by atoms with van der Waals surface area (Å²) in [5, 5.41) is 7.07. The Morgan fingerprint density at radius 1 is 1.28 bits per heavy atom. The molecule has 1 aromatic carbocycles. The van der Waals surface area contributed by atoms with E-state index in [1.54, 1.807) is 14.2 Å². The highest BCUT2D eigenvalue weighted by Crippen LogP contribution is 2.39. The van der Waals surface area contributed by atoms with Crippen molar-refractivity contribution in [3.8, 4) is 11.5 Å². The number of ether oxygens (including phenoxy) is 2. The first kappa shape index (κ1) is 17.3. The smallest absolute Gasteiger partial charge is 0.220 e. The van der Waals surface area contributed by atoms with Crippen molar-refractivity contribution in [2.75, 3.05) is 14.2 Å². The second kappa shape index (κ2) is 7.17. The Morgan fingerprint density at radius 2 is 2.00 bits per heavy atom. The molecule has 1 aliphatic rings. The maximum atomic E-state index is 12.4. The molecule has 1 heterocycles. The Morgan fingerprint density at radius 3 is 2.64 bits per heavy atom. The van der Waals surface area contributed by atoms with Crippen LogP contribution in [0.4, 0.5) is 0 Å². The van der Waals surface area contributed by atoms with Crippen molar-refractivity contribution >= 4 is 5.91 Å². The number of nitrogens with zero attached hydrogens (tertiary/aromatic N) is 1. The topological polar surface area (TPSA) is 73.6 Å². The highest BCUT2D eigenvalue weighted by molar-refractivity contribution is 5.77. The second-order valence-electron chi connectivity index (χ2n) is 6.37. The number of hydrogen-bond acceptors (Lipinski definition) is 5. The normalized spacial score (nSPS) is 15.8. The molecule has 0 saturated heterocycles. The molecule has 6 nitrogen and oxygen atoms in total. The van der Waals surface area contributed by atoms with Crippen LogP contribution in [0, 0.1) is 13.8 Å². The molecule has 1 unspecified atom stereocenters. The van der Waals surface area contributed by atoms with Crippen molar-refractivity contribution in [3.63, 3.8) is 0 Å². The number of aromatic nitrogens is 1. The molecule has 0 bridgehead atoms. The number of aryl methyl sites for hydroxylation is 3. The van der Waals surface area contributed by atoms with E-state index in [1.807, 2.05) is 26.0 Å². The number of nitrogens with one attached hydrogen (secondary N) is 1. The molecule has 1 N–H and O–H groups in total. The van der Waals surface area contributed by atoms with E-state index < -0.39 is 0 Å². The third kappa shape index (κ3) is 3.48. The molecular formula is C19H24N2O4.